The van der Waals surface area contributed by atoms with Crippen LogP contribution in [0.1, 0.15) is 44.6 Å². The summed E-state index contributed by atoms with van der Waals surface area (Å²) in [6.45, 7) is 2.95. The van der Waals surface area contributed by atoms with E-state index in [0.29, 0.717) is 13.1 Å². The number of carbonyl (C=O) groups excluding carboxylic acids is 3. The van der Waals surface area contributed by atoms with Gasteiger partial charge in [0.15, 0.2) is 0 Å². The molecule has 1 heterocycles. The van der Waals surface area contributed by atoms with Gasteiger partial charge < -0.3 is 15.1 Å². The van der Waals surface area contributed by atoms with Crippen LogP contribution in [0.4, 0.5) is 4.39 Å². The fraction of sp³-hybridized carbons (Fsp3) is 0.571. The highest BCUT2D eigenvalue weighted by Crippen LogP contribution is 2.30. The molecule has 6 nitrogen and oxygen atoms in total. The molecule has 1 N–H and O–H groups in total. The summed E-state index contributed by atoms with van der Waals surface area (Å²) >= 11 is 0. The summed E-state index contributed by atoms with van der Waals surface area (Å²) in [6.07, 6.45) is 4.57. The zero-order valence-corrected chi connectivity index (χ0v) is 16.3. The lowest BCUT2D eigenvalue weighted by Crippen LogP contribution is -2.44. The fourth-order valence-corrected chi connectivity index (χ4v) is 4.10. The molecule has 2 aliphatic rings. The Kier molecular flexibility index (Phi) is 6.65. The summed E-state index contributed by atoms with van der Waals surface area (Å²) in [6, 6.07) is 6.19. The summed E-state index contributed by atoms with van der Waals surface area (Å²) in [5.41, 5.74) is 0.790. The molecule has 0 radical (unpaired) electrons. The zero-order chi connectivity index (χ0) is 20.1. The standard InChI is InChI=1S/C21H28FN3O3/c1-2-24(14-19(26)23-12-15-7-9-17(22)10-8-15)21(28)16-11-20(27)25(13-16)18-5-3-4-6-18/h7-10,16,18H,2-6,11-14H2,1H3,(H,23,26). The van der Waals surface area contributed by atoms with Gasteiger partial charge in [0.2, 0.25) is 17.7 Å². The van der Waals surface area contributed by atoms with E-state index >= 15 is 0 Å². The molecule has 1 saturated heterocycles. The predicted octanol–water partition coefficient (Wildman–Crippen LogP) is 2.08. The van der Waals surface area contributed by atoms with Crippen LogP contribution in [0.25, 0.3) is 0 Å². The number of likely N-dealkylation sites (tertiary alicyclic amines) is 1. The minimum Gasteiger partial charge on any atom is -0.350 e. The lowest BCUT2D eigenvalue weighted by Gasteiger charge is -2.26. The normalized spacial score (nSPS) is 19.9. The predicted molar refractivity (Wildman–Crippen MR) is 103 cm³/mol. The zero-order valence-electron chi connectivity index (χ0n) is 16.3. The number of hydrogen-bond donors (Lipinski definition) is 1. The molecule has 3 rings (SSSR count). The fourth-order valence-electron chi connectivity index (χ4n) is 4.10. The second kappa shape index (κ2) is 9.17. The number of carbonyl (C=O) groups is 3. The van der Waals surface area contributed by atoms with Crippen LogP contribution < -0.4 is 5.32 Å². The monoisotopic (exact) mass is 389 g/mol. The van der Waals surface area contributed by atoms with Gasteiger partial charge in [-0.25, -0.2) is 4.39 Å². The molecule has 28 heavy (non-hydrogen) atoms. The van der Waals surface area contributed by atoms with Gasteiger partial charge in [0, 0.05) is 32.1 Å². The molecule has 1 unspecified atom stereocenters. The third-order valence-electron chi connectivity index (χ3n) is 5.70. The average Bonchev–Trinajstić information content (AvgIpc) is 3.34. The molecular weight excluding hydrogens is 361 g/mol. The number of rotatable bonds is 7. The van der Waals surface area contributed by atoms with Crippen molar-refractivity contribution in [2.24, 2.45) is 5.92 Å². The van der Waals surface area contributed by atoms with Crippen molar-refractivity contribution in [3.8, 4) is 0 Å². The first-order chi connectivity index (χ1) is 13.5. The minimum absolute atomic E-state index is 0.0371. The van der Waals surface area contributed by atoms with Crippen molar-refractivity contribution in [2.75, 3.05) is 19.6 Å². The third kappa shape index (κ3) is 4.88. The summed E-state index contributed by atoms with van der Waals surface area (Å²) in [7, 11) is 0. The van der Waals surface area contributed by atoms with Gasteiger partial charge >= 0.3 is 0 Å². The Labute approximate surface area is 165 Å². The van der Waals surface area contributed by atoms with E-state index in [1.807, 2.05) is 11.8 Å². The van der Waals surface area contributed by atoms with E-state index in [2.05, 4.69) is 5.32 Å². The SMILES string of the molecule is CCN(CC(=O)NCc1ccc(F)cc1)C(=O)C1CC(=O)N(C2CCCC2)C1. The topological polar surface area (TPSA) is 69.7 Å². The highest BCUT2D eigenvalue weighted by Gasteiger charge is 2.40. The highest BCUT2D eigenvalue weighted by molar-refractivity contribution is 5.91. The van der Waals surface area contributed by atoms with Gasteiger partial charge in [0.25, 0.3) is 0 Å². The van der Waals surface area contributed by atoms with Gasteiger partial charge in [-0.15, -0.1) is 0 Å². The number of amides is 3. The van der Waals surface area contributed by atoms with Crippen LogP contribution in [0, 0.1) is 11.7 Å². The lowest BCUT2D eigenvalue weighted by atomic mass is 10.1. The van der Waals surface area contributed by atoms with Gasteiger partial charge in [0.05, 0.1) is 12.5 Å². The molecule has 1 aromatic rings. The van der Waals surface area contributed by atoms with Gasteiger partial charge in [-0.05, 0) is 37.5 Å². The van der Waals surface area contributed by atoms with Crippen LogP contribution in [-0.2, 0) is 20.9 Å². The highest BCUT2D eigenvalue weighted by atomic mass is 19.1. The number of likely N-dealkylation sites (N-methyl/N-ethyl adjacent to an activating group) is 1. The van der Waals surface area contributed by atoms with Gasteiger partial charge in [0.1, 0.15) is 5.82 Å². The molecule has 0 spiro atoms. The van der Waals surface area contributed by atoms with Gasteiger partial charge in [-0.2, -0.15) is 0 Å². The van der Waals surface area contributed by atoms with Crippen LogP contribution >= 0.6 is 0 Å². The van der Waals surface area contributed by atoms with Crippen LogP contribution in [0.3, 0.4) is 0 Å². The molecule has 1 aliphatic heterocycles. The first-order valence-corrected chi connectivity index (χ1v) is 10.1. The van der Waals surface area contributed by atoms with E-state index in [-0.39, 0.29) is 55.0 Å². The second-order valence-electron chi connectivity index (χ2n) is 7.64. The lowest BCUT2D eigenvalue weighted by molar-refractivity contribution is -0.139. The molecule has 0 aromatic heterocycles. The van der Waals surface area contributed by atoms with Crippen molar-refractivity contribution < 1.29 is 18.8 Å². The molecule has 2 fully saturated rings. The van der Waals surface area contributed by atoms with E-state index in [1.165, 1.54) is 17.0 Å². The molecule has 7 heteroatoms. The Bertz CT molecular complexity index is 716. The van der Waals surface area contributed by atoms with Crippen molar-refractivity contribution in [1.29, 1.82) is 0 Å². The van der Waals surface area contributed by atoms with Crippen molar-refractivity contribution in [1.82, 2.24) is 15.1 Å². The smallest absolute Gasteiger partial charge is 0.239 e. The minimum atomic E-state index is -0.363. The summed E-state index contributed by atoms with van der Waals surface area (Å²) < 4.78 is 12.9. The maximum absolute atomic E-state index is 12.9. The van der Waals surface area contributed by atoms with Crippen molar-refractivity contribution in [2.45, 2.75) is 51.6 Å². The van der Waals surface area contributed by atoms with Crippen LogP contribution in [0.15, 0.2) is 24.3 Å². The van der Waals surface area contributed by atoms with E-state index < -0.39 is 0 Å². The van der Waals surface area contributed by atoms with E-state index in [1.54, 1.807) is 12.1 Å². The van der Waals surface area contributed by atoms with Crippen LogP contribution in [0.2, 0.25) is 0 Å². The number of hydrogen-bond acceptors (Lipinski definition) is 3. The molecular formula is C21H28FN3O3. The van der Waals surface area contributed by atoms with E-state index in [4.69, 9.17) is 0 Å². The molecule has 152 valence electrons. The molecule has 0 bridgehead atoms. The van der Waals surface area contributed by atoms with Gasteiger partial charge in [-0.1, -0.05) is 25.0 Å². The Morgan fingerprint density at radius 2 is 1.89 bits per heavy atom. The molecule has 3 amide bonds. The number of nitrogens with zero attached hydrogens (tertiary/aromatic N) is 2. The Hall–Kier alpha value is -2.44. The third-order valence-corrected chi connectivity index (χ3v) is 5.70. The van der Waals surface area contributed by atoms with E-state index in [9.17, 15) is 18.8 Å². The number of nitrogens with one attached hydrogen (secondary N) is 1. The summed E-state index contributed by atoms with van der Waals surface area (Å²) in [5, 5.41) is 2.76. The molecule has 1 saturated carbocycles. The molecule has 1 aliphatic carbocycles. The van der Waals surface area contributed by atoms with Crippen molar-refractivity contribution in [3.05, 3.63) is 35.6 Å². The number of benzene rings is 1. The van der Waals surface area contributed by atoms with Crippen LogP contribution in [-0.4, -0.2) is 53.2 Å². The largest absolute Gasteiger partial charge is 0.350 e. The second-order valence-corrected chi connectivity index (χ2v) is 7.64. The first-order valence-electron chi connectivity index (χ1n) is 10.1. The first kappa shape index (κ1) is 20.3. The Morgan fingerprint density at radius 1 is 1.21 bits per heavy atom. The molecule has 1 aromatic carbocycles. The Balaban J connectivity index is 1.50. The maximum Gasteiger partial charge on any atom is 0.239 e. The molecule has 1 atom stereocenters. The Morgan fingerprint density at radius 3 is 2.54 bits per heavy atom. The van der Waals surface area contributed by atoms with Gasteiger partial charge in [-0.3, -0.25) is 14.4 Å². The summed E-state index contributed by atoms with van der Waals surface area (Å²) in [4.78, 5) is 40.8. The average molecular weight is 389 g/mol. The number of halogens is 1. The quantitative estimate of drug-likeness (QED) is 0.776. The summed E-state index contributed by atoms with van der Waals surface area (Å²) in [5.74, 6) is -1.03. The van der Waals surface area contributed by atoms with E-state index in [0.717, 1.165) is 31.2 Å². The maximum atomic E-state index is 12.9. The van der Waals surface area contributed by atoms with Crippen molar-refractivity contribution in [3.63, 3.8) is 0 Å². The van der Waals surface area contributed by atoms with Crippen LogP contribution in [0.5, 0.6) is 0 Å². The van der Waals surface area contributed by atoms with Crippen molar-refractivity contribution >= 4 is 17.7 Å².